The van der Waals surface area contributed by atoms with Gasteiger partial charge in [-0.05, 0) is 43.4 Å². The Hall–Kier alpha value is -0.880. The van der Waals surface area contributed by atoms with E-state index in [1.807, 2.05) is 6.92 Å². The summed E-state index contributed by atoms with van der Waals surface area (Å²) in [5.74, 6) is -4.96. The van der Waals surface area contributed by atoms with Crippen molar-refractivity contribution in [1.29, 1.82) is 0 Å². The highest BCUT2D eigenvalue weighted by Crippen LogP contribution is 2.61. The molecule has 0 aromatic carbocycles. The number of hydrogen-bond donors (Lipinski definition) is 0. The van der Waals surface area contributed by atoms with Crippen LogP contribution in [0.25, 0.3) is 0 Å². The molecular weight excluding hydrogens is 295 g/mol. The fourth-order valence-corrected chi connectivity index (χ4v) is 3.99. The van der Waals surface area contributed by atoms with Gasteiger partial charge in [0, 0.05) is 0 Å². The van der Waals surface area contributed by atoms with Crippen molar-refractivity contribution in [2.45, 2.75) is 45.7 Å². The quantitative estimate of drug-likeness (QED) is 0.580. The molecule has 7 heteroatoms. The summed E-state index contributed by atoms with van der Waals surface area (Å²) < 4.78 is 66.2. The molecular formula is C14H19F5O2. The van der Waals surface area contributed by atoms with Gasteiger partial charge in [0.15, 0.2) is 6.61 Å². The zero-order valence-electron chi connectivity index (χ0n) is 12.1. The number of fused-ring (bicyclic) bond motifs is 2. The fourth-order valence-electron chi connectivity index (χ4n) is 3.99. The van der Waals surface area contributed by atoms with Crippen molar-refractivity contribution in [2.24, 2.45) is 29.1 Å². The average molecular weight is 314 g/mol. The van der Waals surface area contributed by atoms with Crippen LogP contribution in [0.1, 0.15) is 33.6 Å². The number of esters is 1. The highest BCUT2D eigenvalue weighted by Gasteiger charge is 2.61. The number of halogens is 5. The fraction of sp³-hybridized carbons (Fsp3) is 0.929. The van der Waals surface area contributed by atoms with Crippen LogP contribution >= 0.6 is 0 Å². The molecule has 0 heterocycles. The van der Waals surface area contributed by atoms with Crippen LogP contribution in [0.5, 0.6) is 0 Å². The van der Waals surface area contributed by atoms with Gasteiger partial charge in [-0.2, -0.15) is 22.0 Å². The van der Waals surface area contributed by atoms with Crippen LogP contribution < -0.4 is 0 Å². The predicted octanol–water partition coefficient (Wildman–Crippen LogP) is 4.05. The van der Waals surface area contributed by atoms with E-state index in [2.05, 4.69) is 11.7 Å². The minimum Gasteiger partial charge on any atom is -0.458 e. The molecule has 0 N–H and O–H groups in total. The van der Waals surface area contributed by atoms with Gasteiger partial charge in [-0.3, -0.25) is 4.79 Å². The molecule has 122 valence electrons. The number of alkyl halides is 5. The first kappa shape index (κ1) is 16.5. The molecule has 2 bridgehead atoms. The summed E-state index contributed by atoms with van der Waals surface area (Å²) in [4.78, 5) is 12.1. The van der Waals surface area contributed by atoms with E-state index in [-0.39, 0.29) is 11.8 Å². The van der Waals surface area contributed by atoms with Gasteiger partial charge in [0.25, 0.3) is 0 Å². The highest BCUT2D eigenvalue weighted by atomic mass is 19.4. The Kier molecular flexibility index (Phi) is 3.78. The molecule has 0 radical (unpaired) electrons. The lowest BCUT2D eigenvalue weighted by Crippen LogP contribution is -2.45. The molecule has 0 saturated heterocycles. The third kappa shape index (κ3) is 2.52. The Morgan fingerprint density at radius 3 is 2.19 bits per heavy atom. The van der Waals surface area contributed by atoms with Gasteiger partial charge in [-0.15, -0.1) is 0 Å². The van der Waals surface area contributed by atoms with Crippen LogP contribution in [0.4, 0.5) is 22.0 Å². The van der Waals surface area contributed by atoms with Crippen LogP contribution in [0, 0.1) is 29.1 Å². The zero-order chi connectivity index (χ0) is 16.2. The topological polar surface area (TPSA) is 26.3 Å². The van der Waals surface area contributed by atoms with Gasteiger partial charge in [-0.1, -0.05) is 13.8 Å². The first-order chi connectivity index (χ1) is 9.40. The summed E-state index contributed by atoms with van der Waals surface area (Å²) in [6.45, 7) is 3.75. The van der Waals surface area contributed by atoms with E-state index in [9.17, 15) is 26.7 Å². The second-order valence-corrected chi connectivity index (χ2v) is 6.72. The number of carbonyl (C=O) groups is 1. The number of carbonyl (C=O) groups excluding carboxylic acids is 1. The summed E-state index contributed by atoms with van der Waals surface area (Å²) >= 11 is 0. The Morgan fingerprint density at radius 2 is 1.76 bits per heavy atom. The first-order valence-corrected chi connectivity index (χ1v) is 7.02. The maximum absolute atomic E-state index is 12.8. The lowest BCUT2D eigenvalue weighted by Gasteiger charge is -2.38. The molecule has 0 amide bonds. The maximum Gasteiger partial charge on any atom is 0.456 e. The lowest BCUT2D eigenvalue weighted by molar-refractivity contribution is -0.295. The highest BCUT2D eigenvalue weighted by molar-refractivity contribution is 5.77. The minimum absolute atomic E-state index is 0.00971. The van der Waals surface area contributed by atoms with Gasteiger partial charge >= 0.3 is 18.1 Å². The van der Waals surface area contributed by atoms with Crippen LogP contribution in [0.3, 0.4) is 0 Å². The Labute approximate surface area is 120 Å². The minimum atomic E-state index is -5.70. The van der Waals surface area contributed by atoms with Gasteiger partial charge in [-0.25, -0.2) is 0 Å². The van der Waals surface area contributed by atoms with Crippen molar-refractivity contribution in [3.8, 4) is 0 Å². The molecule has 2 rings (SSSR count). The van der Waals surface area contributed by atoms with E-state index in [1.165, 1.54) is 0 Å². The zero-order valence-corrected chi connectivity index (χ0v) is 12.1. The van der Waals surface area contributed by atoms with E-state index in [1.54, 1.807) is 6.92 Å². The van der Waals surface area contributed by atoms with Crippen molar-refractivity contribution in [3.63, 3.8) is 0 Å². The molecule has 0 aromatic rings. The third-order valence-electron chi connectivity index (χ3n) is 5.53. The molecule has 2 aliphatic carbocycles. The summed E-state index contributed by atoms with van der Waals surface area (Å²) in [7, 11) is 0. The van der Waals surface area contributed by atoms with E-state index in [4.69, 9.17) is 0 Å². The summed E-state index contributed by atoms with van der Waals surface area (Å²) in [6.07, 6.45) is -4.39. The van der Waals surface area contributed by atoms with Gasteiger partial charge in [0.05, 0.1) is 5.41 Å². The first-order valence-electron chi connectivity index (χ1n) is 7.02. The molecule has 2 saturated carbocycles. The molecule has 0 aromatic heterocycles. The second kappa shape index (κ2) is 4.81. The normalized spacial score (nSPS) is 39.6. The van der Waals surface area contributed by atoms with Crippen molar-refractivity contribution < 1.29 is 31.5 Å². The summed E-state index contributed by atoms with van der Waals surface area (Å²) in [6, 6.07) is 0. The average Bonchev–Trinajstić information content (AvgIpc) is 2.83. The molecule has 2 nitrogen and oxygen atoms in total. The molecule has 2 fully saturated rings. The van der Waals surface area contributed by atoms with Gasteiger partial charge in [0.1, 0.15) is 0 Å². The van der Waals surface area contributed by atoms with E-state index in [0.717, 1.165) is 6.42 Å². The summed E-state index contributed by atoms with van der Waals surface area (Å²) in [5.41, 5.74) is -0.946. The Morgan fingerprint density at radius 1 is 1.19 bits per heavy atom. The predicted molar refractivity (Wildman–Crippen MR) is 64.6 cm³/mol. The van der Waals surface area contributed by atoms with Crippen molar-refractivity contribution >= 4 is 5.97 Å². The van der Waals surface area contributed by atoms with Crippen LogP contribution in [-0.2, 0) is 9.53 Å². The summed E-state index contributed by atoms with van der Waals surface area (Å²) in [5, 5.41) is 0. The van der Waals surface area contributed by atoms with Crippen LogP contribution in [0.2, 0.25) is 0 Å². The third-order valence-corrected chi connectivity index (χ3v) is 5.53. The van der Waals surface area contributed by atoms with E-state index in [0.29, 0.717) is 18.3 Å². The Balaban J connectivity index is 2.02. The van der Waals surface area contributed by atoms with Crippen molar-refractivity contribution in [1.82, 2.24) is 0 Å². The second-order valence-electron chi connectivity index (χ2n) is 6.72. The number of rotatable bonds is 3. The number of hydrogen-bond acceptors (Lipinski definition) is 2. The molecule has 5 unspecified atom stereocenters. The molecule has 2 aliphatic rings. The largest absolute Gasteiger partial charge is 0.458 e. The van der Waals surface area contributed by atoms with Crippen molar-refractivity contribution in [3.05, 3.63) is 0 Å². The smallest absolute Gasteiger partial charge is 0.456 e. The van der Waals surface area contributed by atoms with E-state index < -0.39 is 30.1 Å². The maximum atomic E-state index is 12.8. The molecule has 0 aliphatic heterocycles. The molecule has 0 spiro atoms. The Bertz CT molecular complexity index is 432. The lowest BCUT2D eigenvalue weighted by atomic mass is 9.67. The SMILES string of the molecule is CC1C2CC(C1C)C(C)(C(=O)OCC(F)(F)C(F)(F)F)C2. The van der Waals surface area contributed by atoms with E-state index >= 15 is 0 Å². The molecule has 5 atom stereocenters. The standard InChI is InChI=1S/C14H19F5O2/c1-7-8(2)10-4-9(7)5-12(10,3)11(20)21-6-13(15,16)14(17,18)19/h7-10H,4-6H2,1-3H3. The van der Waals surface area contributed by atoms with Crippen LogP contribution in [-0.4, -0.2) is 24.7 Å². The van der Waals surface area contributed by atoms with Gasteiger partial charge < -0.3 is 4.74 Å². The monoisotopic (exact) mass is 314 g/mol. The van der Waals surface area contributed by atoms with Gasteiger partial charge in [0.2, 0.25) is 0 Å². The number of ether oxygens (including phenoxy) is 1. The van der Waals surface area contributed by atoms with Crippen LogP contribution in [0.15, 0.2) is 0 Å². The van der Waals surface area contributed by atoms with Crippen molar-refractivity contribution in [2.75, 3.05) is 6.61 Å². The molecule has 21 heavy (non-hydrogen) atoms.